The number of nitrogens with zero attached hydrogens (tertiary/aromatic N) is 2. The van der Waals surface area contributed by atoms with Crippen molar-refractivity contribution in [3.05, 3.63) is 24.3 Å². The van der Waals surface area contributed by atoms with Crippen molar-refractivity contribution in [2.24, 2.45) is 0 Å². The zero-order valence-electron chi connectivity index (χ0n) is 15.5. The van der Waals surface area contributed by atoms with Crippen LogP contribution in [-0.4, -0.2) is 83.4 Å². The summed E-state index contributed by atoms with van der Waals surface area (Å²) in [5.74, 6) is -0.343. The molecule has 0 atom stereocenters. The van der Waals surface area contributed by atoms with E-state index in [9.17, 15) is 9.59 Å². The van der Waals surface area contributed by atoms with E-state index in [1.807, 2.05) is 18.2 Å². The minimum absolute atomic E-state index is 0.327. The minimum atomic E-state index is -0.622. The predicted molar refractivity (Wildman–Crippen MR) is 99.5 cm³/mol. The molecule has 144 valence electrons. The van der Waals surface area contributed by atoms with E-state index in [2.05, 4.69) is 26.5 Å². The molecule has 1 heterocycles. The van der Waals surface area contributed by atoms with Crippen LogP contribution in [0.4, 0.5) is 5.69 Å². The minimum Gasteiger partial charge on any atom is -0.495 e. The van der Waals surface area contributed by atoms with E-state index < -0.39 is 11.8 Å². The quantitative estimate of drug-likeness (QED) is 0.487. The van der Waals surface area contributed by atoms with Gasteiger partial charge < -0.3 is 25.0 Å². The van der Waals surface area contributed by atoms with E-state index in [1.54, 1.807) is 14.2 Å². The fourth-order valence-corrected chi connectivity index (χ4v) is 2.86. The Kier molecular flexibility index (Phi) is 8.17. The summed E-state index contributed by atoms with van der Waals surface area (Å²) in [5, 5.41) is 5.15. The van der Waals surface area contributed by atoms with Gasteiger partial charge in [0.2, 0.25) is 0 Å². The van der Waals surface area contributed by atoms with E-state index >= 15 is 0 Å². The molecule has 8 nitrogen and oxygen atoms in total. The van der Waals surface area contributed by atoms with Crippen LogP contribution in [0.5, 0.6) is 5.75 Å². The highest BCUT2D eigenvalue weighted by Gasteiger charge is 2.19. The molecule has 1 aliphatic rings. The lowest BCUT2D eigenvalue weighted by atomic mass is 10.2. The second-order valence-electron chi connectivity index (χ2n) is 6.01. The molecular weight excluding hydrogens is 336 g/mol. The first-order chi connectivity index (χ1) is 12.7. The highest BCUT2D eigenvalue weighted by molar-refractivity contribution is 6.35. The molecule has 2 rings (SSSR count). The second-order valence-corrected chi connectivity index (χ2v) is 6.01. The van der Waals surface area contributed by atoms with Gasteiger partial charge >= 0.3 is 11.8 Å². The first kappa shape index (κ1) is 20.0. The molecule has 1 aromatic rings. The number of piperazine rings is 1. The molecule has 0 aromatic heterocycles. The van der Waals surface area contributed by atoms with Gasteiger partial charge in [0.15, 0.2) is 0 Å². The summed E-state index contributed by atoms with van der Waals surface area (Å²) < 4.78 is 10.2. The average molecular weight is 364 g/mol. The Morgan fingerprint density at radius 1 is 1.00 bits per heavy atom. The number of ether oxygens (including phenoxy) is 2. The van der Waals surface area contributed by atoms with E-state index in [0.29, 0.717) is 19.7 Å². The van der Waals surface area contributed by atoms with Gasteiger partial charge in [-0.2, -0.15) is 0 Å². The van der Waals surface area contributed by atoms with Crippen molar-refractivity contribution in [3.63, 3.8) is 0 Å². The number of nitrogens with one attached hydrogen (secondary N) is 2. The Morgan fingerprint density at radius 2 is 1.65 bits per heavy atom. The highest BCUT2D eigenvalue weighted by Crippen LogP contribution is 2.28. The SMILES string of the molecule is COCCNC(=O)C(=O)NCCN1CCN(c2ccccc2OC)CC1. The van der Waals surface area contributed by atoms with Gasteiger partial charge in [-0.05, 0) is 12.1 Å². The van der Waals surface area contributed by atoms with Crippen LogP contribution in [0, 0.1) is 0 Å². The number of para-hydroxylation sites is 2. The lowest BCUT2D eigenvalue weighted by molar-refractivity contribution is -0.139. The number of rotatable bonds is 8. The molecule has 0 unspecified atom stereocenters. The van der Waals surface area contributed by atoms with Crippen molar-refractivity contribution in [1.29, 1.82) is 0 Å². The van der Waals surface area contributed by atoms with Crippen molar-refractivity contribution >= 4 is 17.5 Å². The Hall–Kier alpha value is -2.32. The van der Waals surface area contributed by atoms with Crippen molar-refractivity contribution in [3.8, 4) is 5.75 Å². The lowest BCUT2D eigenvalue weighted by Gasteiger charge is -2.36. The van der Waals surface area contributed by atoms with Gasteiger partial charge in [-0.25, -0.2) is 0 Å². The molecule has 0 saturated carbocycles. The number of hydrogen-bond donors (Lipinski definition) is 2. The number of carbonyl (C=O) groups is 2. The molecule has 1 aliphatic heterocycles. The summed E-state index contributed by atoms with van der Waals surface area (Å²) >= 11 is 0. The molecule has 0 radical (unpaired) electrons. The average Bonchev–Trinajstić information content (AvgIpc) is 2.68. The molecule has 0 spiro atoms. The summed E-state index contributed by atoms with van der Waals surface area (Å²) in [5.41, 5.74) is 1.11. The maximum Gasteiger partial charge on any atom is 0.309 e. The van der Waals surface area contributed by atoms with Crippen LogP contribution in [0.1, 0.15) is 0 Å². The standard InChI is InChI=1S/C18H28N4O4/c1-25-14-8-20-18(24)17(23)19-7-9-21-10-12-22(13-11-21)15-5-3-4-6-16(15)26-2/h3-6H,7-14H2,1-2H3,(H,19,23)(H,20,24). The van der Waals surface area contributed by atoms with Crippen LogP contribution in [0.25, 0.3) is 0 Å². The summed E-state index contributed by atoms with van der Waals surface area (Å²) in [6.07, 6.45) is 0. The third-order valence-corrected chi connectivity index (χ3v) is 4.31. The molecule has 2 N–H and O–H groups in total. The van der Waals surface area contributed by atoms with Crippen molar-refractivity contribution in [2.45, 2.75) is 0 Å². The van der Waals surface area contributed by atoms with Gasteiger partial charge in [-0.3, -0.25) is 14.5 Å². The Bertz CT molecular complexity index is 588. The normalized spacial score (nSPS) is 14.8. The maximum atomic E-state index is 11.7. The molecule has 0 bridgehead atoms. The van der Waals surface area contributed by atoms with Crippen LogP contribution >= 0.6 is 0 Å². The van der Waals surface area contributed by atoms with Crippen LogP contribution in [0.2, 0.25) is 0 Å². The lowest BCUT2D eigenvalue weighted by Crippen LogP contribution is -2.49. The first-order valence-electron chi connectivity index (χ1n) is 8.81. The number of hydrogen-bond acceptors (Lipinski definition) is 6. The summed E-state index contributed by atoms with van der Waals surface area (Å²) in [6, 6.07) is 8.01. The number of amides is 2. The molecule has 1 saturated heterocycles. The van der Waals surface area contributed by atoms with E-state index in [0.717, 1.165) is 44.2 Å². The van der Waals surface area contributed by atoms with E-state index in [1.165, 1.54) is 0 Å². The summed E-state index contributed by atoms with van der Waals surface area (Å²) in [7, 11) is 3.23. The van der Waals surface area contributed by atoms with Crippen molar-refractivity contribution in [2.75, 3.05) is 71.5 Å². The van der Waals surface area contributed by atoms with Crippen molar-refractivity contribution < 1.29 is 19.1 Å². The molecule has 8 heteroatoms. The number of anilines is 1. The Morgan fingerprint density at radius 3 is 2.31 bits per heavy atom. The van der Waals surface area contributed by atoms with Gasteiger partial charge in [-0.1, -0.05) is 12.1 Å². The number of methoxy groups -OCH3 is 2. The molecule has 1 fully saturated rings. The van der Waals surface area contributed by atoms with Crippen LogP contribution < -0.4 is 20.3 Å². The topological polar surface area (TPSA) is 83.1 Å². The van der Waals surface area contributed by atoms with E-state index in [-0.39, 0.29) is 0 Å². The molecule has 0 aliphatic carbocycles. The van der Waals surface area contributed by atoms with Gasteiger partial charge in [0, 0.05) is 52.9 Å². The molecule has 1 aromatic carbocycles. The molecular formula is C18H28N4O4. The first-order valence-corrected chi connectivity index (χ1v) is 8.81. The fourth-order valence-electron chi connectivity index (χ4n) is 2.86. The predicted octanol–water partition coefficient (Wildman–Crippen LogP) is -0.304. The zero-order chi connectivity index (χ0) is 18.8. The summed E-state index contributed by atoms with van der Waals surface area (Å²) in [6.45, 7) is 5.46. The maximum absolute atomic E-state index is 11.7. The third kappa shape index (κ3) is 5.89. The molecule has 2 amide bonds. The Labute approximate surface area is 154 Å². The van der Waals surface area contributed by atoms with Gasteiger partial charge in [0.05, 0.1) is 19.4 Å². The largest absolute Gasteiger partial charge is 0.495 e. The number of benzene rings is 1. The second kappa shape index (κ2) is 10.6. The molecule has 26 heavy (non-hydrogen) atoms. The van der Waals surface area contributed by atoms with Gasteiger partial charge in [-0.15, -0.1) is 0 Å². The van der Waals surface area contributed by atoms with Crippen LogP contribution in [0.15, 0.2) is 24.3 Å². The fraction of sp³-hybridized carbons (Fsp3) is 0.556. The smallest absolute Gasteiger partial charge is 0.309 e. The zero-order valence-corrected chi connectivity index (χ0v) is 15.5. The van der Waals surface area contributed by atoms with Gasteiger partial charge in [0.25, 0.3) is 0 Å². The summed E-state index contributed by atoms with van der Waals surface area (Å²) in [4.78, 5) is 27.8. The van der Waals surface area contributed by atoms with Gasteiger partial charge in [0.1, 0.15) is 5.75 Å². The van der Waals surface area contributed by atoms with E-state index in [4.69, 9.17) is 9.47 Å². The monoisotopic (exact) mass is 364 g/mol. The van der Waals surface area contributed by atoms with Crippen LogP contribution in [-0.2, 0) is 14.3 Å². The van der Waals surface area contributed by atoms with Crippen LogP contribution in [0.3, 0.4) is 0 Å². The van der Waals surface area contributed by atoms with Crippen molar-refractivity contribution in [1.82, 2.24) is 15.5 Å². The highest BCUT2D eigenvalue weighted by atomic mass is 16.5. The Balaban J connectivity index is 1.67. The number of carbonyl (C=O) groups excluding carboxylic acids is 2. The third-order valence-electron chi connectivity index (χ3n) is 4.31.